The Morgan fingerprint density at radius 1 is 1.11 bits per heavy atom. The van der Waals surface area contributed by atoms with Crippen molar-refractivity contribution >= 4 is 43.5 Å². The predicted molar refractivity (Wildman–Crippen MR) is 86.9 cm³/mol. The van der Waals surface area contributed by atoms with Crippen LogP contribution in [0.15, 0.2) is 53.0 Å². The van der Waals surface area contributed by atoms with Crippen molar-refractivity contribution in [2.45, 2.75) is 12.7 Å². The third-order valence-corrected chi connectivity index (χ3v) is 4.02. The molecule has 1 atom stereocenters. The highest BCUT2D eigenvalue weighted by molar-refractivity contribution is 9.10. The predicted octanol–water partition coefficient (Wildman–Crippen LogP) is 5.76. The number of ether oxygens (including phenoxy) is 1. The molecule has 0 heterocycles. The van der Waals surface area contributed by atoms with Crippen LogP contribution in [0.25, 0.3) is 0 Å². The minimum atomic E-state index is 0.0245. The molecule has 1 nitrogen and oxygen atoms in total. The summed E-state index contributed by atoms with van der Waals surface area (Å²) < 4.78 is 7.00. The van der Waals surface area contributed by atoms with E-state index in [1.54, 1.807) is 0 Å². The lowest BCUT2D eigenvalue weighted by molar-refractivity contribution is 0.0565. The van der Waals surface area contributed by atoms with Gasteiger partial charge in [0.05, 0.1) is 12.7 Å². The molecule has 4 heteroatoms. The summed E-state index contributed by atoms with van der Waals surface area (Å²) in [6.07, 6.45) is 0.0245. The molecule has 2 aromatic carbocycles. The van der Waals surface area contributed by atoms with E-state index in [9.17, 15) is 0 Å². The standard InChI is InChI=1S/C15H13Br2ClO/c16-9-15(12-4-2-5-13(17)8-12)19-10-11-3-1-6-14(18)7-11/h1-8,15H,9-10H2. The quantitative estimate of drug-likeness (QED) is 0.576. The third kappa shape index (κ3) is 4.60. The van der Waals surface area contributed by atoms with Gasteiger partial charge >= 0.3 is 0 Å². The van der Waals surface area contributed by atoms with Gasteiger partial charge in [-0.2, -0.15) is 0 Å². The van der Waals surface area contributed by atoms with Crippen LogP contribution in [-0.4, -0.2) is 5.33 Å². The van der Waals surface area contributed by atoms with Crippen LogP contribution in [0.3, 0.4) is 0 Å². The van der Waals surface area contributed by atoms with Crippen molar-refractivity contribution in [3.8, 4) is 0 Å². The fourth-order valence-electron chi connectivity index (χ4n) is 1.76. The van der Waals surface area contributed by atoms with Crippen LogP contribution in [0, 0.1) is 0 Å². The molecule has 0 spiro atoms. The first kappa shape index (κ1) is 15.0. The van der Waals surface area contributed by atoms with E-state index >= 15 is 0 Å². The summed E-state index contributed by atoms with van der Waals surface area (Å²) in [5, 5.41) is 1.49. The molecular formula is C15H13Br2ClO. The molecule has 0 aromatic heterocycles. The van der Waals surface area contributed by atoms with Crippen LogP contribution in [0.5, 0.6) is 0 Å². The molecule has 0 saturated heterocycles. The molecule has 19 heavy (non-hydrogen) atoms. The Labute approximate surface area is 135 Å². The van der Waals surface area contributed by atoms with E-state index < -0.39 is 0 Å². The van der Waals surface area contributed by atoms with Gasteiger partial charge in [-0.1, -0.05) is 67.7 Å². The Balaban J connectivity index is 2.04. The van der Waals surface area contributed by atoms with Gasteiger partial charge in [0.2, 0.25) is 0 Å². The van der Waals surface area contributed by atoms with E-state index in [4.69, 9.17) is 16.3 Å². The van der Waals surface area contributed by atoms with Crippen molar-refractivity contribution in [1.82, 2.24) is 0 Å². The van der Waals surface area contributed by atoms with Gasteiger partial charge in [-0.25, -0.2) is 0 Å². The highest BCUT2D eigenvalue weighted by atomic mass is 79.9. The summed E-state index contributed by atoms with van der Waals surface area (Å²) >= 11 is 12.9. The second kappa shape index (κ2) is 7.44. The zero-order valence-corrected chi connectivity index (χ0v) is 14.1. The molecule has 0 fully saturated rings. The maximum atomic E-state index is 5.96. The van der Waals surface area contributed by atoms with E-state index in [-0.39, 0.29) is 6.10 Å². The van der Waals surface area contributed by atoms with Crippen LogP contribution in [-0.2, 0) is 11.3 Å². The molecule has 0 saturated carbocycles. The minimum absolute atomic E-state index is 0.0245. The number of hydrogen-bond donors (Lipinski definition) is 0. The molecule has 0 aliphatic carbocycles. The number of hydrogen-bond acceptors (Lipinski definition) is 1. The Hall–Kier alpha value is -0.350. The van der Waals surface area contributed by atoms with Crippen molar-refractivity contribution in [2.75, 3.05) is 5.33 Å². The summed E-state index contributed by atoms with van der Waals surface area (Å²) in [4.78, 5) is 0. The molecule has 0 bridgehead atoms. The zero-order chi connectivity index (χ0) is 13.7. The first-order chi connectivity index (χ1) is 9.19. The summed E-state index contributed by atoms with van der Waals surface area (Å²) in [7, 11) is 0. The number of benzene rings is 2. The average molecular weight is 405 g/mol. The Morgan fingerprint density at radius 3 is 2.58 bits per heavy atom. The van der Waals surface area contributed by atoms with E-state index in [1.165, 1.54) is 0 Å². The van der Waals surface area contributed by atoms with Crippen molar-refractivity contribution < 1.29 is 4.74 Å². The third-order valence-electron chi connectivity index (χ3n) is 2.70. The summed E-state index contributed by atoms with van der Waals surface area (Å²) in [6.45, 7) is 0.545. The van der Waals surface area contributed by atoms with Crippen molar-refractivity contribution in [3.63, 3.8) is 0 Å². The molecule has 0 N–H and O–H groups in total. The average Bonchev–Trinajstić information content (AvgIpc) is 2.40. The van der Waals surface area contributed by atoms with Gasteiger partial charge in [0.25, 0.3) is 0 Å². The van der Waals surface area contributed by atoms with Gasteiger partial charge in [0.15, 0.2) is 0 Å². The topological polar surface area (TPSA) is 9.23 Å². The summed E-state index contributed by atoms with van der Waals surface area (Å²) in [6, 6.07) is 15.9. The van der Waals surface area contributed by atoms with Crippen LogP contribution in [0.2, 0.25) is 5.02 Å². The van der Waals surface area contributed by atoms with Crippen molar-refractivity contribution in [1.29, 1.82) is 0 Å². The Morgan fingerprint density at radius 2 is 1.89 bits per heavy atom. The molecule has 2 aromatic rings. The second-order valence-corrected chi connectivity index (χ2v) is 6.14. The Bertz CT molecular complexity index is 545. The lowest BCUT2D eigenvalue weighted by Crippen LogP contribution is -2.06. The van der Waals surface area contributed by atoms with Crippen LogP contribution >= 0.6 is 43.5 Å². The zero-order valence-electron chi connectivity index (χ0n) is 10.2. The second-order valence-electron chi connectivity index (χ2n) is 4.14. The van der Waals surface area contributed by atoms with Crippen LogP contribution in [0.4, 0.5) is 0 Å². The normalized spacial score (nSPS) is 12.4. The molecule has 100 valence electrons. The number of rotatable bonds is 5. The first-order valence-corrected chi connectivity index (χ1v) is 8.16. The minimum Gasteiger partial charge on any atom is -0.368 e. The van der Waals surface area contributed by atoms with Crippen molar-refractivity contribution in [3.05, 3.63) is 69.2 Å². The van der Waals surface area contributed by atoms with Gasteiger partial charge in [-0.15, -0.1) is 0 Å². The van der Waals surface area contributed by atoms with Gasteiger partial charge in [0.1, 0.15) is 0 Å². The van der Waals surface area contributed by atoms with E-state index in [1.807, 2.05) is 36.4 Å². The number of alkyl halides is 1. The molecular weight excluding hydrogens is 391 g/mol. The first-order valence-electron chi connectivity index (χ1n) is 5.86. The highest BCUT2D eigenvalue weighted by Crippen LogP contribution is 2.24. The van der Waals surface area contributed by atoms with Crippen LogP contribution in [0.1, 0.15) is 17.2 Å². The van der Waals surface area contributed by atoms with Gasteiger partial charge in [-0.05, 0) is 35.4 Å². The maximum Gasteiger partial charge on any atom is 0.0926 e. The molecule has 0 amide bonds. The Kier molecular flexibility index (Phi) is 5.89. The van der Waals surface area contributed by atoms with Crippen molar-refractivity contribution in [2.24, 2.45) is 0 Å². The lowest BCUT2D eigenvalue weighted by atomic mass is 10.1. The van der Waals surface area contributed by atoms with Gasteiger partial charge < -0.3 is 4.74 Å². The molecule has 0 aliphatic heterocycles. The largest absolute Gasteiger partial charge is 0.368 e. The van der Waals surface area contributed by atoms with E-state index in [0.29, 0.717) is 6.61 Å². The summed E-state index contributed by atoms with van der Waals surface area (Å²) in [5.74, 6) is 0. The molecule has 0 radical (unpaired) electrons. The molecule has 2 rings (SSSR count). The SMILES string of the molecule is Clc1cccc(COC(CBr)c2cccc(Br)c2)c1. The highest BCUT2D eigenvalue weighted by Gasteiger charge is 2.11. The fraction of sp³-hybridized carbons (Fsp3) is 0.200. The van der Waals surface area contributed by atoms with Crippen LogP contribution < -0.4 is 0 Å². The van der Waals surface area contributed by atoms with E-state index in [2.05, 4.69) is 44.0 Å². The molecule has 1 unspecified atom stereocenters. The molecule has 0 aliphatic rings. The lowest BCUT2D eigenvalue weighted by Gasteiger charge is -2.16. The van der Waals surface area contributed by atoms with Gasteiger partial charge in [0, 0.05) is 14.8 Å². The monoisotopic (exact) mass is 402 g/mol. The summed E-state index contributed by atoms with van der Waals surface area (Å²) in [5.41, 5.74) is 2.22. The maximum absolute atomic E-state index is 5.96. The van der Waals surface area contributed by atoms with Gasteiger partial charge in [-0.3, -0.25) is 0 Å². The van der Waals surface area contributed by atoms with E-state index in [0.717, 1.165) is 26.0 Å². The fourth-order valence-corrected chi connectivity index (χ4v) is 2.95. The number of halogens is 3. The smallest absolute Gasteiger partial charge is 0.0926 e.